The number of thioether (sulfide) groups is 1. The maximum atomic E-state index is 11.5. The summed E-state index contributed by atoms with van der Waals surface area (Å²) in [5, 5.41) is 13.1. The van der Waals surface area contributed by atoms with Crippen LogP contribution < -0.4 is 5.32 Å². The lowest BCUT2D eigenvalue weighted by Crippen LogP contribution is -2.48. The Kier molecular flexibility index (Phi) is 4.45. The first kappa shape index (κ1) is 13.9. The quantitative estimate of drug-likeness (QED) is 0.810. The highest BCUT2D eigenvalue weighted by atomic mass is 32.2. The van der Waals surface area contributed by atoms with Gasteiger partial charge in [0.2, 0.25) is 0 Å². The van der Waals surface area contributed by atoms with Crippen LogP contribution in [0.1, 0.15) is 27.2 Å². The number of hydrogen-bond acceptors (Lipinski definition) is 4. The zero-order chi connectivity index (χ0) is 13.1. The van der Waals surface area contributed by atoms with E-state index >= 15 is 0 Å². The number of rotatable bonds is 3. The maximum absolute atomic E-state index is 11.5. The standard InChI is InChI=1S/C11H17NO4S/c1-11(2,3)16-10(15)12-8(9(13)14)7-5-4-6-17-7/h4,6-8H,5H2,1-3H3,(H,12,15)(H,13,14). The Bertz CT molecular complexity index is 327. The fourth-order valence-corrected chi connectivity index (χ4v) is 2.35. The number of hydrogen-bond donors (Lipinski definition) is 2. The van der Waals surface area contributed by atoms with Crippen molar-refractivity contribution in [2.45, 2.75) is 44.1 Å². The molecule has 5 nitrogen and oxygen atoms in total. The molecule has 0 saturated heterocycles. The lowest BCUT2D eigenvalue weighted by Gasteiger charge is -2.24. The van der Waals surface area contributed by atoms with E-state index in [1.807, 2.05) is 11.5 Å². The van der Waals surface area contributed by atoms with E-state index in [2.05, 4.69) is 5.32 Å². The van der Waals surface area contributed by atoms with Crippen molar-refractivity contribution in [3.8, 4) is 0 Å². The third kappa shape index (κ3) is 4.68. The van der Waals surface area contributed by atoms with E-state index < -0.39 is 23.7 Å². The molecule has 0 aromatic heterocycles. The van der Waals surface area contributed by atoms with Crippen molar-refractivity contribution in [2.75, 3.05) is 0 Å². The summed E-state index contributed by atoms with van der Waals surface area (Å²) in [6, 6.07) is -0.926. The van der Waals surface area contributed by atoms with Gasteiger partial charge in [0.25, 0.3) is 0 Å². The van der Waals surface area contributed by atoms with E-state index in [1.165, 1.54) is 11.8 Å². The molecule has 2 unspecified atom stereocenters. The highest BCUT2D eigenvalue weighted by Crippen LogP contribution is 2.27. The monoisotopic (exact) mass is 259 g/mol. The highest BCUT2D eigenvalue weighted by molar-refractivity contribution is 8.03. The fraction of sp³-hybridized carbons (Fsp3) is 0.636. The largest absolute Gasteiger partial charge is 0.480 e. The van der Waals surface area contributed by atoms with Crippen LogP contribution in [0.2, 0.25) is 0 Å². The minimum Gasteiger partial charge on any atom is -0.480 e. The molecule has 1 aliphatic heterocycles. The number of carboxylic acids is 1. The Morgan fingerprint density at radius 3 is 2.59 bits per heavy atom. The van der Waals surface area contributed by atoms with Crippen molar-refractivity contribution >= 4 is 23.8 Å². The van der Waals surface area contributed by atoms with Crippen molar-refractivity contribution in [3.63, 3.8) is 0 Å². The molecule has 6 heteroatoms. The molecule has 96 valence electrons. The van der Waals surface area contributed by atoms with E-state index in [1.54, 1.807) is 20.8 Å². The molecule has 1 rings (SSSR count). The van der Waals surface area contributed by atoms with E-state index in [9.17, 15) is 9.59 Å². The molecule has 0 fully saturated rings. The summed E-state index contributed by atoms with van der Waals surface area (Å²) < 4.78 is 5.03. The molecule has 0 bridgehead atoms. The van der Waals surface area contributed by atoms with Gasteiger partial charge in [-0.3, -0.25) is 0 Å². The van der Waals surface area contributed by atoms with Crippen LogP contribution in [0.3, 0.4) is 0 Å². The molecule has 2 N–H and O–H groups in total. The van der Waals surface area contributed by atoms with E-state index in [0.717, 1.165) is 0 Å². The number of aliphatic carboxylic acids is 1. The smallest absolute Gasteiger partial charge is 0.408 e. The molecule has 1 aliphatic rings. The van der Waals surface area contributed by atoms with Crippen molar-refractivity contribution in [1.82, 2.24) is 5.32 Å². The third-order valence-electron chi connectivity index (χ3n) is 2.03. The molecule has 0 aromatic rings. The minimum absolute atomic E-state index is 0.167. The molecule has 0 aromatic carbocycles. The zero-order valence-corrected chi connectivity index (χ0v) is 10.9. The Labute approximate surface area is 105 Å². The minimum atomic E-state index is -1.04. The maximum Gasteiger partial charge on any atom is 0.408 e. The van der Waals surface area contributed by atoms with Gasteiger partial charge in [0.05, 0.1) is 0 Å². The summed E-state index contributed by atoms with van der Waals surface area (Å²) in [5.41, 5.74) is -0.631. The second kappa shape index (κ2) is 5.44. The summed E-state index contributed by atoms with van der Waals surface area (Å²) in [7, 11) is 0. The molecule has 1 amide bonds. The highest BCUT2D eigenvalue weighted by Gasteiger charge is 2.32. The van der Waals surface area contributed by atoms with Gasteiger partial charge in [0, 0.05) is 5.25 Å². The topological polar surface area (TPSA) is 75.6 Å². The van der Waals surface area contributed by atoms with Gasteiger partial charge in [-0.05, 0) is 32.6 Å². The number of alkyl carbamates (subject to hydrolysis) is 1. The van der Waals surface area contributed by atoms with Crippen LogP contribution in [0.4, 0.5) is 4.79 Å². The number of nitrogens with one attached hydrogen (secondary N) is 1. The zero-order valence-electron chi connectivity index (χ0n) is 10.1. The first-order valence-corrected chi connectivity index (χ1v) is 6.26. The lowest BCUT2D eigenvalue weighted by atomic mass is 10.1. The number of amides is 1. The van der Waals surface area contributed by atoms with Crippen LogP contribution in [0, 0.1) is 0 Å². The molecule has 2 atom stereocenters. The summed E-state index contributed by atoms with van der Waals surface area (Å²) in [6.45, 7) is 5.19. The van der Waals surface area contributed by atoms with Crippen LogP contribution in [-0.2, 0) is 9.53 Å². The molecular weight excluding hydrogens is 242 g/mol. The van der Waals surface area contributed by atoms with Crippen LogP contribution in [0.15, 0.2) is 11.5 Å². The van der Waals surface area contributed by atoms with Gasteiger partial charge in [0.15, 0.2) is 0 Å². The number of carbonyl (C=O) groups excluding carboxylic acids is 1. The Balaban J connectivity index is 2.55. The van der Waals surface area contributed by atoms with Gasteiger partial charge >= 0.3 is 12.1 Å². The Morgan fingerprint density at radius 2 is 2.18 bits per heavy atom. The van der Waals surface area contributed by atoms with Crippen LogP contribution in [-0.4, -0.2) is 34.1 Å². The van der Waals surface area contributed by atoms with Crippen LogP contribution in [0.25, 0.3) is 0 Å². The second-order valence-corrected chi connectivity index (χ2v) is 5.89. The van der Waals surface area contributed by atoms with Crippen LogP contribution in [0.5, 0.6) is 0 Å². The van der Waals surface area contributed by atoms with E-state index in [0.29, 0.717) is 6.42 Å². The predicted molar refractivity (Wildman–Crippen MR) is 65.9 cm³/mol. The molecule has 0 saturated carbocycles. The summed E-state index contributed by atoms with van der Waals surface area (Å²) in [4.78, 5) is 22.6. The SMILES string of the molecule is CC(C)(C)OC(=O)NC(C(=O)O)C1CC=CS1. The van der Waals surface area contributed by atoms with Crippen molar-refractivity contribution in [1.29, 1.82) is 0 Å². The van der Waals surface area contributed by atoms with E-state index in [-0.39, 0.29) is 5.25 Å². The lowest BCUT2D eigenvalue weighted by molar-refractivity contribution is -0.139. The van der Waals surface area contributed by atoms with Gasteiger partial charge in [-0.1, -0.05) is 6.08 Å². The molecule has 0 aliphatic carbocycles. The van der Waals surface area contributed by atoms with Gasteiger partial charge < -0.3 is 15.2 Å². The number of carboxylic acid groups (broad SMARTS) is 1. The van der Waals surface area contributed by atoms with E-state index in [4.69, 9.17) is 9.84 Å². The normalized spacial score (nSPS) is 21.0. The van der Waals surface area contributed by atoms with Gasteiger partial charge in [-0.2, -0.15) is 0 Å². The fourth-order valence-electron chi connectivity index (χ4n) is 1.36. The first-order chi connectivity index (χ1) is 7.79. The molecule has 0 radical (unpaired) electrons. The predicted octanol–water partition coefficient (Wildman–Crippen LogP) is 1.98. The molecule has 0 spiro atoms. The second-order valence-electron chi connectivity index (χ2n) is 4.74. The third-order valence-corrected chi connectivity index (χ3v) is 3.19. The Hall–Kier alpha value is -1.17. The molecule has 17 heavy (non-hydrogen) atoms. The van der Waals surface area contributed by atoms with Crippen molar-refractivity contribution < 1.29 is 19.4 Å². The molecular formula is C11H17NO4S. The van der Waals surface area contributed by atoms with Crippen molar-refractivity contribution in [3.05, 3.63) is 11.5 Å². The summed E-state index contributed by atoms with van der Waals surface area (Å²) >= 11 is 1.41. The first-order valence-electron chi connectivity index (χ1n) is 5.32. The van der Waals surface area contributed by atoms with Gasteiger partial charge in [0.1, 0.15) is 11.6 Å². The number of ether oxygens (including phenoxy) is 1. The number of carbonyl (C=O) groups is 2. The van der Waals surface area contributed by atoms with Gasteiger partial charge in [-0.15, -0.1) is 11.8 Å². The Morgan fingerprint density at radius 1 is 1.53 bits per heavy atom. The summed E-state index contributed by atoms with van der Waals surface area (Å²) in [5.74, 6) is -1.04. The molecule has 1 heterocycles. The van der Waals surface area contributed by atoms with Gasteiger partial charge in [-0.25, -0.2) is 9.59 Å². The van der Waals surface area contributed by atoms with Crippen LogP contribution >= 0.6 is 11.8 Å². The average molecular weight is 259 g/mol. The summed E-state index contributed by atoms with van der Waals surface area (Å²) in [6.07, 6.45) is 1.83. The number of allylic oxidation sites excluding steroid dienone is 1. The average Bonchev–Trinajstić information content (AvgIpc) is 2.63. The van der Waals surface area contributed by atoms with Crippen molar-refractivity contribution in [2.24, 2.45) is 0 Å².